The van der Waals surface area contributed by atoms with Crippen molar-refractivity contribution < 1.29 is 19.0 Å². The first-order valence-corrected chi connectivity index (χ1v) is 6.83. The minimum Gasteiger partial charge on any atom is -0.496 e. The van der Waals surface area contributed by atoms with E-state index in [1.54, 1.807) is 19.2 Å². The van der Waals surface area contributed by atoms with Gasteiger partial charge in [-0.2, -0.15) is 0 Å². The minimum atomic E-state index is -0.698. The number of benzene rings is 1. The maximum atomic E-state index is 11.9. The Balaban J connectivity index is 3.37. The van der Waals surface area contributed by atoms with Gasteiger partial charge in [-0.25, -0.2) is 0 Å². The van der Waals surface area contributed by atoms with Crippen LogP contribution in [0, 0.1) is 0 Å². The number of carbonyl (C=O) groups is 1. The topological polar surface area (TPSA) is 82.8 Å². The number of amides is 1. The fourth-order valence-electron chi connectivity index (χ4n) is 2.03. The van der Waals surface area contributed by atoms with Crippen LogP contribution >= 0.6 is 0 Å². The Morgan fingerprint density at radius 1 is 1.19 bits per heavy atom. The second-order valence-electron chi connectivity index (χ2n) is 4.76. The molecule has 0 radical (unpaired) electrons. The van der Waals surface area contributed by atoms with Crippen LogP contribution in [0.1, 0.15) is 31.9 Å². The Kier molecular flexibility index (Phi) is 6.30. The van der Waals surface area contributed by atoms with Crippen LogP contribution in [0.5, 0.6) is 17.2 Å². The number of nitrogens with two attached hydrogens (primary N) is 1. The number of carbonyl (C=O) groups excluding carboxylic acids is 1. The van der Waals surface area contributed by atoms with Crippen molar-refractivity contribution in [3.8, 4) is 17.2 Å². The lowest BCUT2D eigenvalue weighted by Gasteiger charge is -2.24. The Bertz CT molecular complexity index is 466. The predicted octanol–water partition coefficient (Wildman–Crippen LogP) is 1.63. The third kappa shape index (κ3) is 4.01. The highest BCUT2D eigenvalue weighted by Crippen LogP contribution is 2.38. The van der Waals surface area contributed by atoms with Crippen molar-refractivity contribution in [3.05, 3.63) is 17.7 Å². The minimum absolute atomic E-state index is 0.124. The molecule has 0 aliphatic rings. The summed E-state index contributed by atoms with van der Waals surface area (Å²) in [6, 6.07) is 2.83. The van der Waals surface area contributed by atoms with Gasteiger partial charge in [0.05, 0.1) is 26.9 Å². The van der Waals surface area contributed by atoms with E-state index in [0.717, 1.165) is 6.42 Å². The summed E-state index contributed by atoms with van der Waals surface area (Å²) in [5.41, 5.74) is 6.12. The Morgan fingerprint density at radius 3 is 2.05 bits per heavy atom. The van der Waals surface area contributed by atoms with Gasteiger partial charge in [-0.3, -0.25) is 10.1 Å². The summed E-state index contributed by atoms with van der Waals surface area (Å²) in [7, 11) is 4.61. The molecule has 21 heavy (non-hydrogen) atoms. The maximum absolute atomic E-state index is 11.9. The highest BCUT2D eigenvalue weighted by atomic mass is 16.5. The van der Waals surface area contributed by atoms with E-state index in [9.17, 15) is 4.79 Å². The van der Waals surface area contributed by atoms with E-state index in [4.69, 9.17) is 19.9 Å². The van der Waals surface area contributed by atoms with Gasteiger partial charge in [-0.05, 0) is 13.3 Å². The molecule has 2 unspecified atom stereocenters. The number of nitrogens with one attached hydrogen (secondary N) is 1. The molecule has 0 saturated heterocycles. The standard InChI is InChI=1S/C15H24N2O4/c1-6-9(2)17-14(15(16)18)13-11(20-4)7-10(19-3)8-12(13)21-5/h7-9,14,17H,6H2,1-5H3,(H2,16,18). The van der Waals surface area contributed by atoms with Crippen LogP contribution in [0.4, 0.5) is 0 Å². The van der Waals surface area contributed by atoms with Gasteiger partial charge in [0.25, 0.3) is 0 Å². The highest BCUT2D eigenvalue weighted by Gasteiger charge is 2.27. The lowest BCUT2D eigenvalue weighted by Crippen LogP contribution is -2.38. The van der Waals surface area contributed by atoms with E-state index in [-0.39, 0.29) is 6.04 Å². The summed E-state index contributed by atoms with van der Waals surface area (Å²) >= 11 is 0. The number of methoxy groups -OCH3 is 3. The average molecular weight is 296 g/mol. The molecule has 1 amide bonds. The van der Waals surface area contributed by atoms with E-state index in [1.165, 1.54) is 14.2 Å². The van der Waals surface area contributed by atoms with Gasteiger partial charge in [0.15, 0.2) is 0 Å². The van der Waals surface area contributed by atoms with E-state index in [2.05, 4.69) is 5.32 Å². The lowest BCUT2D eigenvalue weighted by molar-refractivity contribution is -0.120. The molecule has 0 bridgehead atoms. The predicted molar refractivity (Wildman–Crippen MR) is 80.9 cm³/mol. The second-order valence-corrected chi connectivity index (χ2v) is 4.76. The van der Waals surface area contributed by atoms with Gasteiger partial charge >= 0.3 is 0 Å². The van der Waals surface area contributed by atoms with E-state index < -0.39 is 11.9 Å². The fourth-order valence-corrected chi connectivity index (χ4v) is 2.03. The average Bonchev–Trinajstić information content (AvgIpc) is 2.50. The van der Waals surface area contributed by atoms with Crippen LogP contribution in [0.15, 0.2) is 12.1 Å². The van der Waals surface area contributed by atoms with Gasteiger partial charge in [-0.15, -0.1) is 0 Å². The number of primary amides is 1. The molecular weight excluding hydrogens is 272 g/mol. The van der Waals surface area contributed by atoms with Gasteiger partial charge in [-0.1, -0.05) is 6.92 Å². The van der Waals surface area contributed by atoms with Gasteiger partial charge in [0.1, 0.15) is 23.3 Å². The SMILES string of the molecule is CCC(C)NC(C(N)=O)c1c(OC)cc(OC)cc1OC. The summed E-state index contributed by atoms with van der Waals surface area (Å²) in [5.74, 6) is 1.08. The van der Waals surface area contributed by atoms with Crippen LogP contribution in [0.2, 0.25) is 0 Å². The molecule has 1 rings (SSSR count). The van der Waals surface area contributed by atoms with Gasteiger partial charge < -0.3 is 19.9 Å². The second kappa shape index (κ2) is 7.73. The van der Waals surface area contributed by atoms with Crippen molar-refractivity contribution >= 4 is 5.91 Å². The number of rotatable bonds is 8. The monoisotopic (exact) mass is 296 g/mol. The normalized spacial score (nSPS) is 13.4. The molecule has 0 aromatic heterocycles. The lowest BCUT2D eigenvalue weighted by atomic mass is 10.0. The summed E-state index contributed by atoms with van der Waals surface area (Å²) < 4.78 is 15.9. The molecule has 0 aliphatic carbocycles. The molecule has 0 spiro atoms. The molecule has 1 aromatic carbocycles. The highest BCUT2D eigenvalue weighted by molar-refractivity contribution is 5.83. The first-order chi connectivity index (χ1) is 9.98. The van der Waals surface area contributed by atoms with Crippen LogP contribution < -0.4 is 25.3 Å². The first-order valence-electron chi connectivity index (χ1n) is 6.83. The number of hydrogen-bond donors (Lipinski definition) is 2. The smallest absolute Gasteiger partial charge is 0.239 e. The summed E-state index contributed by atoms with van der Waals surface area (Å²) in [6.07, 6.45) is 0.866. The zero-order chi connectivity index (χ0) is 16.0. The van der Waals surface area contributed by atoms with Gasteiger partial charge in [0, 0.05) is 18.2 Å². The summed E-state index contributed by atoms with van der Waals surface area (Å²) in [6.45, 7) is 4.01. The zero-order valence-electron chi connectivity index (χ0n) is 13.2. The van der Waals surface area contributed by atoms with Crippen LogP contribution in [-0.2, 0) is 4.79 Å². The van der Waals surface area contributed by atoms with E-state index in [1.807, 2.05) is 13.8 Å². The third-order valence-electron chi connectivity index (χ3n) is 3.39. The summed E-state index contributed by atoms with van der Waals surface area (Å²) in [5, 5.41) is 3.19. The van der Waals surface area contributed by atoms with E-state index in [0.29, 0.717) is 22.8 Å². The molecule has 1 aromatic rings. The quantitative estimate of drug-likeness (QED) is 0.762. The molecule has 2 atom stereocenters. The largest absolute Gasteiger partial charge is 0.496 e. The van der Waals surface area contributed by atoms with Crippen molar-refractivity contribution in [1.82, 2.24) is 5.32 Å². The molecule has 118 valence electrons. The molecule has 0 aliphatic heterocycles. The van der Waals surface area contributed by atoms with Crippen molar-refractivity contribution in [3.63, 3.8) is 0 Å². The molecule has 3 N–H and O–H groups in total. The van der Waals surface area contributed by atoms with Crippen molar-refractivity contribution in [1.29, 1.82) is 0 Å². The molecule has 0 fully saturated rings. The van der Waals surface area contributed by atoms with Crippen molar-refractivity contribution in [2.75, 3.05) is 21.3 Å². The molecule has 0 saturated carbocycles. The summed E-state index contributed by atoms with van der Waals surface area (Å²) in [4.78, 5) is 11.9. The van der Waals surface area contributed by atoms with Crippen LogP contribution in [0.25, 0.3) is 0 Å². The Morgan fingerprint density at radius 2 is 1.71 bits per heavy atom. The number of hydrogen-bond acceptors (Lipinski definition) is 5. The fraction of sp³-hybridized carbons (Fsp3) is 0.533. The third-order valence-corrected chi connectivity index (χ3v) is 3.39. The molecule has 0 heterocycles. The Labute approximate surface area is 125 Å². The number of ether oxygens (including phenoxy) is 3. The van der Waals surface area contributed by atoms with Gasteiger partial charge in [0.2, 0.25) is 5.91 Å². The zero-order valence-corrected chi connectivity index (χ0v) is 13.2. The van der Waals surface area contributed by atoms with Crippen LogP contribution in [0.3, 0.4) is 0 Å². The molecule has 6 heteroatoms. The van der Waals surface area contributed by atoms with E-state index >= 15 is 0 Å². The molecule has 6 nitrogen and oxygen atoms in total. The molecular formula is C15H24N2O4. The maximum Gasteiger partial charge on any atom is 0.239 e. The Hall–Kier alpha value is -1.95. The van der Waals surface area contributed by atoms with Crippen LogP contribution in [-0.4, -0.2) is 33.3 Å². The first kappa shape index (κ1) is 17.1. The van der Waals surface area contributed by atoms with Crippen molar-refractivity contribution in [2.45, 2.75) is 32.4 Å². The van der Waals surface area contributed by atoms with Crippen molar-refractivity contribution in [2.24, 2.45) is 5.73 Å².